The Morgan fingerprint density at radius 1 is 0.925 bits per heavy atom. The molecule has 0 unspecified atom stereocenters. The van der Waals surface area contributed by atoms with Crippen LogP contribution in [0.4, 0.5) is 11.8 Å². The second-order valence-electron chi connectivity index (χ2n) is 8.99. The van der Waals surface area contributed by atoms with Crippen LogP contribution in [-0.4, -0.2) is 24.1 Å². The second-order valence-corrected chi connectivity index (χ2v) is 9.88. The highest BCUT2D eigenvalue weighted by Gasteiger charge is 2.14. The highest BCUT2D eigenvalue weighted by molar-refractivity contribution is 7.13. The van der Waals surface area contributed by atoms with Crippen molar-refractivity contribution in [1.82, 2.24) is 24.1 Å². The minimum absolute atomic E-state index is 0.0417. The topological polar surface area (TPSA) is 135 Å². The van der Waals surface area contributed by atoms with Gasteiger partial charge >= 0.3 is 0 Å². The number of fused-ring (bicyclic) bond motifs is 1. The molecular formula is C30H27N7O2S. The number of anilines is 2. The maximum absolute atomic E-state index is 13.5. The van der Waals surface area contributed by atoms with E-state index >= 15 is 0 Å². The van der Waals surface area contributed by atoms with E-state index < -0.39 is 0 Å². The summed E-state index contributed by atoms with van der Waals surface area (Å²) in [5, 5.41) is 1.58. The molecular weight excluding hydrogens is 522 g/mol. The van der Waals surface area contributed by atoms with Gasteiger partial charge in [-0.3, -0.25) is 19.1 Å². The first-order valence-electron chi connectivity index (χ1n) is 12.5. The van der Waals surface area contributed by atoms with Crippen molar-refractivity contribution in [2.45, 2.75) is 13.3 Å². The van der Waals surface area contributed by atoms with Crippen molar-refractivity contribution in [3.8, 4) is 27.3 Å². The number of aryl methyl sites for hydroxylation is 2. The minimum Gasteiger partial charge on any atom is -0.383 e. The lowest BCUT2D eigenvalue weighted by atomic mass is 9.99. The van der Waals surface area contributed by atoms with E-state index in [1.54, 1.807) is 41.8 Å². The van der Waals surface area contributed by atoms with Gasteiger partial charge < -0.3 is 16.0 Å². The van der Waals surface area contributed by atoms with Crippen LogP contribution in [0, 0.1) is 0 Å². The van der Waals surface area contributed by atoms with Crippen molar-refractivity contribution >= 4 is 33.9 Å². The van der Waals surface area contributed by atoms with Crippen LogP contribution in [-0.2, 0) is 13.5 Å². The maximum Gasteiger partial charge on any atom is 0.263 e. The number of thiazole rings is 1. The molecule has 0 atom stereocenters. The van der Waals surface area contributed by atoms with E-state index in [9.17, 15) is 9.59 Å². The molecule has 0 bridgehead atoms. The fourth-order valence-corrected chi connectivity index (χ4v) is 5.12. The Kier molecular flexibility index (Phi) is 7.52. The monoisotopic (exact) mass is 549 g/mol. The molecule has 0 saturated carbocycles. The zero-order valence-electron chi connectivity index (χ0n) is 22.0. The van der Waals surface area contributed by atoms with E-state index in [1.807, 2.05) is 48.5 Å². The van der Waals surface area contributed by atoms with Gasteiger partial charge in [-0.2, -0.15) is 4.98 Å². The molecule has 10 heteroatoms. The van der Waals surface area contributed by atoms with E-state index in [4.69, 9.17) is 11.5 Å². The van der Waals surface area contributed by atoms with E-state index in [0.717, 1.165) is 44.8 Å². The van der Waals surface area contributed by atoms with Gasteiger partial charge in [0, 0.05) is 43.1 Å². The summed E-state index contributed by atoms with van der Waals surface area (Å²) in [6.45, 7) is 2.05. The van der Waals surface area contributed by atoms with Gasteiger partial charge in [0.2, 0.25) is 11.5 Å². The van der Waals surface area contributed by atoms with Crippen LogP contribution in [0.1, 0.15) is 12.6 Å². The lowest BCUT2D eigenvalue weighted by Crippen LogP contribution is -2.22. The number of aromatic nitrogens is 5. The molecule has 4 aromatic heterocycles. The molecule has 0 saturated heterocycles. The third-order valence-electron chi connectivity index (χ3n) is 6.43. The van der Waals surface area contributed by atoms with Crippen LogP contribution in [0.15, 0.2) is 100 Å². The number of pyridine rings is 2. The minimum atomic E-state index is -0.0750. The lowest BCUT2D eigenvalue weighted by molar-refractivity contribution is 0.862. The van der Waals surface area contributed by atoms with Gasteiger partial charge in [0.05, 0.1) is 21.3 Å². The fourth-order valence-electron chi connectivity index (χ4n) is 4.48. The van der Waals surface area contributed by atoms with Gasteiger partial charge in [0.25, 0.3) is 5.56 Å². The molecule has 0 spiro atoms. The fraction of sp³-hybridized carbons (Fsp3) is 0.100. The molecule has 0 amide bonds. The van der Waals surface area contributed by atoms with Gasteiger partial charge in [0.1, 0.15) is 5.82 Å². The van der Waals surface area contributed by atoms with Crippen LogP contribution in [0.3, 0.4) is 0 Å². The van der Waals surface area contributed by atoms with Crippen LogP contribution in [0.2, 0.25) is 0 Å². The molecule has 0 fully saturated rings. The molecule has 40 heavy (non-hydrogen) atoms. The average Bonchev–Trinajstić information content (AvgIpc) is 3.49. The number of nitrogen functional groups attached to an aromatic ring is 2. The summed E-state index contributed by atoms with van der Waals surface area (Å²) in [5.41, 5.74) is 16.9. The van der Waals surface area contributed by atoms with Gasteiger partial charge in [-0.1, -0.05) is 43.3 Å². The molecule has 9 nitrogen and oxygen atoms in total. The molecule has 4 N–H and O–H groups in total. The Morgan fingerprint density at radius 2 is 1.73 bits per heavy atom. The SMILES string of the molecule is CCc1cc2cccc(-c3ccc(=O)n(C)c3)c2c(=O)n1-c1ccccc1.Nc1ncc(-c2cncs2)c(N)n1. The molecule has 0 aliphatic heterocycles. The maximum atomic E-state index is 13.5. The van der Waals surface area contributed by atoms with Gasteiger partial charge in [-0.05, 0) is 47.2 Å². The summed E-state index contributed by atoms with van der Waals surface area (Å²) in [6, 6.07) is 20.9. The quantitative estimate of drug-likeness (QED) is 0.326. The highest BCUT2D eigenvalue weighted by Crippen LogP contribution is 2.28. The number of hydrogen-bond donors (Lipinski definition) is 2. The lowest BCUT2D eigenvalue weighted by Gasteiger charge is -2.15. The first-order chi connectivity index (χ1) is 19.4. The molecule has 6 rings (SSSR count). The zero-order valence-corrected chi connectivity index (χ0v) is 22.8. The van der Waals surface area contributed by atoms with Gasteiger partial charge in [0.15, 0.2) is 0 Å². The van der Waals surface area contributed by atoms with E-state index in [-0.39, 0.29) is 17.1 Å². The average molecular weight is 550 g/mol. The third-order valence-corrected chi connectivity index (χ3v) is 7.24. The largest absolute Gasteiger partial charge is 0.383 e. The Balaban J connectivity index is 0.000000207. The molecule has 0 radical (unpaired) electrons. The third kappa shape index (κ3) is 5.25. The Morgan fingerprint density at radius 3 is 2.40 bits per heavy atom. The van der Waals surface area contributed by atoms with Gasteiger partial charge in [-0.25, -0.2) is 4.98 Å². The molecule has 4 heterocycles. The normalized spacial score (nSPS) is 10.8. The van der Waals surface area contributed by atoms with Crippen LogP contribution < -0.4 is 22.6 Å². The summed E-state index contributed by atoms with van der Waals surface area (Å²) in [5.74, 6) is 0.572. The number of para-hydroxylation sites is 1. The predicted molar refractivity (Wildman–Crippen MR) is 162 cm³/mol. The van der Waals surface area contributed by atoms with Crippen molar-refractivity contribution < 1.29 is 0 Å². The number of nitrogens with zero attached hydrogens (tertiary/aromatic N) is 5. The summed E-state index contributed by atoms with van der Waals surface area (Å²) in [4.78, 5) is 37.9. The molecule has 2 aromatic carbocycles. The van der Waals surface area contributed by atoms with Gasteiger partial charge in [-0.15, -0.1) is 11.3 Å². The summed E-state index contributed by atoms with van der Waals surface area (Å²) >= 11 is 1.48. The van der Waals surface area contributed by atoms with E-state index in [2.05, 4.69) is 27.9 Å². The van der Waals surface area contributed by atoms with Crippen molar-refractivity contribution in [3.63, 3.8) is 0 Å². The molecule has 0 aliphatic rings. The van der Waals surface area contributed by atoms with E-state index in [1.165, 1.54) is 22.0 Å². The summed E-state index contributed by atoms with van der Waals surface area (Å²) < 4.78 is 3.32. The number of nitrogens with two attached hydrogens (primary N) is 2. The van der Waals surface area contributed by atoms with Crippen molar-refractivity contribution in [2.24, 2.45) is 7.05 Å². The smallest absolute Gasteiger partial charge is 0.263 e. The van der Waals surface area contributed by atoms with Crippen molar-refractivity contribution in [2.75, 3.05) is 11.5 Å². The molecule has 200 valence electrons. The Hall–Kier alpha value is -5.09. The Bertz CT molecular complexity index is 1910. The summed E-state index contributed by atoms with van der Waals surface area (Å²) in [6.07, 6.45) is 5.85. The van der Waals surface area contributed by atoms with E-state index in [0.29, 0.717) is 11.2 Å². The highest BCUT2D eigenvalue weighted by atomic mass is 32.1. The second kappa shape index (κ2) is 11.3. The van der Waals surface area contributed by atoms with Crippen molar-refractivity contribution in [1.29, 1.82) is 0 Å². The van der Waals surface area contributed by atoms with Crippen LogP contribution in [0.5, 0.6) is 0 Å². The number of hydrogen-bond acceptors (Lipinski definition) is 8. The predicted octanol–water partition coefficient (Wildman–Crippen LogP) is 4.68. The molecule has 6 aromatic rings. The van der Waals surface area contributed by atoms with Crippen LogP contribution >= 0.6 is 11.3 Å². The van der Waals surface area contributed by atoms with Crippen LogP contribution in [0.25, 0.3) is 38.0 Å². The first kappa shape index (κ1) is 26.5. The Labute approximate surface area is 234 Å². The number of rotatable bonds is 4. The first-order valence-corrected chi connectivity index (χ1v) is 13.4. The standard InChI is InChI=1S/C23H20N2O2.C7H7N5S/c1-3-18-14-16-8-7-11-20(17-12-13-21(26)24(2)15-17)22(16)23(27)25(18)19-9-5-4-6-10-19;8-6-4(1-11-7(9)12-6)5-2-10-3-13-5/h4-15H,3H2,1-2H3;1-3H,(H4,8,9,11,12). The number of benzene rings is 2. The zero-order chi connectivity index (χ0) is 28.2. The molecule has 0 aliphatic carbocycles. The summed E-state index contributed by atoms with van der Waals surface area (Å²) in [7, 11) is 1.72. The van der Waals surface area contributed by atoms with Crippen molar-refractivity contribution in [3.05, 3.63) is 117 Å².